The third-order valence-electron chi connectivity index (χ3n) is 4.71. The van der Waals surface area contributed by atoms with E-state index in [1.807, 2.05) is 64.9 Å². The SMILES string of the molecule is Cc1ccc(-c2csc(N(CC(=O)NCc3ccccn3)c3ccccc3Cl)n2)cc1. The first kappa shape index (κ1) is 21.0. The minimum atomic E-state index is -0.141. The van der Waals surface area contributed by atoms with Crippen molar-refractivity contribution in [1.29, 1.82) is 0 Å². The van der Waals surface area contributed by atoms with E-state index in [0.29, 0.717) is 16.7 Å². The van der Waals surface area contributed by atoms with Crippen LogP contribution in [0.5, 0.6) is 0 Å². The normalized spacial score (nSPS) is 10.6. The Morgan fingerprint density at radius 1 is 1.06 bits per heavy atom. The van der Waals surface area contributed by atoms with Gasteiger partial charge in [0.1, 0.15) is 6.54 Å². The molecule has 4 aromatic rings. The number of rotatable bonds is 7. The third-order valence-corrected chi connectivity index (χ3v) is 5.89. The Labute approximate surface area is 190 Å². The summed E-state index contributed by atoms with van der Waals surface area (Å²) >= 11 is 7.94. The van der Waals surface area contributed by atoms with Crippen LogP contribution in [0.4, 0.5) is 10.8 Å². The number of pyridine rings is 1. The van der Waals surface area contributed by atoms with Gasteiger partial charge in [0.05, 0.1) is 28.6 Å². The van der Waals surface area contributed by atoms with Gasteiger partial charge in [-0.25, -0.2) is 4.98 Å². The maximum absolute atomic E-state index is 12.8. The fourth-order valence-corrected chi connectivity index (χ4v) is 4.15. The molecule has 0 aliphatic heterocycles. The molecule has 156 valence electrons. The molecule has 7 heteroatoms. The van der Waals surface area contributed by atoms with Gasteiger partial charge >= 0.3 is 0 Å². The molecular weight excluding hydrogens is 428 g/mol. The summed E-state index contributed by atoms with van der Waals surface area (Å²) in [6.07, 6.45) is 1.71. The Hall–Kier alpha value is -3.22. The summed E-state index contributed by atoms with van der Waals surface area (Å²) in [7, 11) is 0. The minimum absolute atomic E-state index is 0.0947. The van der Waals surface area contributed by atoms with Gasteiger partial charge in [0, 0.05) is 17.1 Å². The summed E-state index contributed by atoms with van der Waals surface area (Å²) < 4.78 is 0. The van der Waals surface area contributed by atoms with Crippen molar-refractivity contribution in [3.05, 3.63) is 94.6 Å². The lowest BCUT2D eigenvalue weighted by Gasteiger charge is -2.22. The lowest BCUT2D eigenvalue weighted by atomic mass is 10.1. The van der Waals surface area contributed by atoms with E-state index in [2.05, 4.69) is 29.4 Å². The maximum Gasteiger partial charge on any atom is 0.240 e. The molecule has 2 aromatic heterocycles. The first-order chi connectivity index (χ1) is 15.1. The van der Waals surface area contributed by atoms with Gasteiger partial charge in [-0.05, 0) is 31.2 Å². The van der Waals surface area contributed by atoms with Gasteiger partial charge in [0.2, 0.25) is 5.91 Å². The second-order valence-corrected chi connectivity index (χ2v) is 8.26. The molecule has 31 heavy (non-hydrogen) atoms. The first-order valence-corrected chi connectivity index (χ1v) is 11.1. The summed E-state index contributed by atoms with van der Waals surface area (Å²) in [6.45, 7) is 2.51. The third kappa shape index (κ3) is 5.29. The molecule has 0 spiro atoms. The van der Waals surface area contributed by atoms with Crippen LogP contribution >= 0.6 is 22.9 Å². The van der Waals surface area contributed by atoms with Crippen molar-refractivity contribution in [3.8, 4) is 11.3 Å². The van der Waals surface area contributed by atoms with Crippen LogP contribution in [0.25, 0.3) is 11.3 Å². The number of benzene rings is 2. The van der Waals surface area contributed by atoms with E-state index in [9.17, 15) is 4.79 Å². The zero-order valence-corrected chi connectivity index (χ0v) is 18.5. The van der Waals surface area contributed by atoms with Gasteiger partial charge in [-0.1, -0.05) is 59.6 Å². The summed E-state index contributed by atoms with van der Waals surface area (Å²) in [4.78, 5) is 23.6. The van der Waals surface area contributed by atoms with Crippen LogP contribution in [0.1, 0.15) is 11.3 Å². The molecule has 0 unspecified atom stereocenters. The number of thiazole rings is 1. The van der Waals surface area contributed by atoms with Crippen LogP contribution in [-0.2, 0) is 11.3 Å². The molecule has 0 atom stereocenters. The molecular formula is C24H21ClN4OS. The fraction of sp³-hybridized carbons (Fsp3) is 0.125. The molecule has 0 bridgehead atoms. The van der Waals surface area contributed by atoms with E-state index in [-0.39, 0.29) is 12.5 Å². The number of halogens is 1. The van der Waals surface area contributed by atoms with Crippen LogP contribution in [0.3, 0.4) is 0 Å². The summed E-state index contributed by atoms with van der Waals surface area (Å²) in [5, 5.41) is 6.19. The van der Waals surface area contributed by atoms with E-state index in [1.54, 1.807) is 6.20 Å². The smallest absolute Gasteiger partial charge is 0.240 e. The standard InChI is InChI=1S/C24H21ClN4OS/c1-17-9-11-18(12-10-17)21-16-31-24(28-21)29(22-8-3-2-7-20(22)25)15-23(30)27-14-19-6-4-5-13-26-19/h2-13,16H,14-15H2,1H3,(H,27,30). The highest BCUT2D eigenvalue weighted by Gasteiger charge is 2.20. The fourth-order valence-electron chi connectivity index (χ4n) is 3.06. The molecule has 0 radical (unpaired) electrons. The van der Waals surface area contributed by atoms with Gasteiger partial charge in [-0.2, -0.15) is 0 Å². The van der Waals surface area contributed by atoms with Gasteiger partial charge in [0.15, 0.2) is 5.13 Å². The Bertz CT molecular complexity index is 1160. The van der Waals surface area contributed by atoms with Crippen LogP contribution in [0, 0.1) is 6.92 Å². The van der Waals surface area contributed by atoms with Crippen LogP contribution < -0.4 is 10.2 Å². The Balaban J connectivity index is 1.57. The number of amides is 1. The van der Waals surface area contributed by atoms with Crippen molar-refractivity contribution >= 4 is 39.7 Å². The summed E-state index contributed by atoms with van der Waals surface area (Å²) in [6, 6.07) is 21.3. The average molecular weight is 449 g/mol. The van der Waals surface area contributed by atoms with E-state index in [0.717, 1.165) is 22.6 Å². The highest BCUT2D eigenvalue weighted by atomic mass is 35.5. The predicted octanol–water partition coefficient (Wildman–Crippen LogP) is 5.62. The maximum atomic E-state index is 12.8. The number of aryl methyl sites for hydroxylation is 1. The molecule has 4 rings (SSSR count). The topological polar surface area (TPSA) is 58.1 Å². The molecule has 0 saturated heterocycles. The largest absolute Gasteiger partial charge is 0.349 e. The van der Waals surface area contributed by atoms with Crippen LogP contribution in [-0.4, -0.2) is 22.4 Å². The first-order valence-electron chi connectivity index (χ1n) is 9.81. The molecule has 1 amide bonds. The summed E-state index contributed by atoms with van der Waals surface area (Å²) in [5.41, 5.74) is 4.64. The Morgan fingerprint density at radius 2 is 1.84 bits per heavy atom. The van der Waals surface area contributed by atoms with Gasteiger partial charge in [0.25, 0.3) is 0 Å². The van der Waals surface area contributed by atoms with E-state index in [1.165, 1.54) is 16.9 Å². The Morgan fingerprint density at radius 3 is 2.58 bits per heavy atom. The van der Waals surface area contributed by atoms with Crippen molar-refractivity contribution in [2.24, 2.45) is 0 Å². The number of carbonyl (C=O) groups is 1. The second kappa shape index (κ2) is 9.73. The van der Waals surface area contributed by atoms with Crippen LogP contribution in [0.15, 0.2) is 78.3 Å². The molecule has 2 heterocycles. The van der Waals surface area contributed by atoms with Crippen molar-refractivity contribution < 1.29 is 4.79 Å². The highest BCUT2D eigenvalue weighted by molar-refractivity contribution is 7.14. The lowest BCUT2D eigenvalue weighted by Crippen LogP contribution is -2.34. The number of anilines is 2. The van der Waals surface area contributed by atoms with Crippen molar-refractivity contribution in [2.45, 2.75) is 13.5 Å². The molecule has 0 aliphatic rings. The number of aromatic nitrogens is 2. The zero-order chi connectivity index (χ0) is 21.6. The zero-order valence-electron chi connectivity index (χ0n) is 17.0. The van der Waals surface area contributed by atoms with Gasteiger partial charge < -0.3 is 10.2 Å². The molecule has 0 aliphatic carbocycles. The molecule has 1 N–H and O–H groups in total. The number of para-hydroxylation sites is 1. The summed E-state index contributed by atoms with van der Waals surface area (Å²) in [5.74, 6) is -0.141. The average Bonchev–Trinajstić information content (AvgIpc) is 3.28. The number of nitrogens with zero attached hydrogens (tertiary/aromatic N) is 3. The van der Waals surface area contributed by atoms with E-state index < -0.39 is 0 Å². The highest BCUT2D eigenvalue weighted by Crippen LogP contribution is 2.35. The molecule has 0 fully saturated rings. The van der Waals surface area contributed by atoms with Gasteiger partial charge in [-0.15, -0.1) is 11.3 Å². The number of hydrogen-bond donors (Lipinski definition) is 1. The van der Waals surface area contributed by atoms with Crippen molar-refractivity contribution in [1.82, 2.24) is 15.3 Å². The Kier molecular flexibility index (Phi) is 6.60. The second-order valence-electron chi connectivity index (χ2n) is 7.02. The van der Waals surface area contributed by atoms with Crippen molar-refractivity contribution in [3.63, 3.8) is 0 Å². The predicted molar refractivity (Wildman–Crippen MR) is 127 cm³/mol. The van der Waals surface area contributed by atoms with E-state index >= 15 is 0 Å². The number of carbonyl (C=O) groups excluding carboxylic acids is 1. The van der Waals surface area contributed by atoms with Crippen LogP contribution in [0.2, 0.25) is 5.02 Å². The number of nitrogens with one attached hydrogen (secondary N) is 1. The monoisotopic (exact) mass is 448 g/mol. The van der Waals surface area contributed by atoms with Gasteiger partial charge in [-0.3, -0.25) is 9.78 Å². The molecule has 0 saturated carbocycles. The minimum Gasteiger partial charge on any atom is -0.349 e. The number of hydrogen-bond acceptors (Lipinski definition) is 5. The van der Waals surface area contributed by atoms with E-state index in [4.69, 9.17) is 16.6 Å². The molecule has 5 nitrogen and oxygen atoms in total. The quantitative estimate of drug-likeness (QED) is 0.398. The van der Waals surface area contributed by atoms with Crippen molar-refractivity contribution in [2.75, 3.05) is 11.4 Å². The molecule has 2 aromatic carbocycles. The lowest BCUT2D eigenvalue weighted by molar-refractivity contribution is -0.119.